The molecule has 2 heterocycles. The quantitative estimate of drug-likeness (QED) is 0.481. The zero-order chi connectivity index (χ0) is 20.5. The van der Waals surface area contributed by atoms with E-state index in [0.29, 0.717) is 22.0 Å². The van der Waals surface area contributed by atoms with Gasteiger partial charge in [-0.1, -0.05) is 11.6 Å². The van der Waals surface area contributed by atoms with E-state index in [1.807, 2.05) is 0 Å². The number of esters is 1. The fourth-order valence-electron chi connectivity index (χ4n) is 3.03. The molecule has 0 aromatic heterocycles. The molecule has 0 amide bonds. The fourth-order valence-corrected chi connectivity index (χ4v) is 3.15. The van der Waals surface area contributed by atoms with E-state index in [1.165, 1.54) is 11.8 Å². The number of pyridine rings is 1. The Hall–Kier alpha value is -3.58. The van der Waals surface area contributed by atoms with E-state index in [-0.39, 0.29) is 16.8 Å². The molecule has 0 radical (unpaired) electrons. The van der Waals surface area contributed by atoms with E-state index in [2.05, 4.69) is 5.10 Å². The van der Waals surface area contributed by atoms with Crippen molar-refractivity contribution in [2.24, 2.45) is 0 Å². The summed E-state index contributed by atoms with van der Waals surface area (Å²) in [6.45, 7) is 0. The number of methoxy groups -OCH3 is 2. The van der Waals surface area contributed by atoms with Crippen molar-refractivity contribution in [1.29, 1.82) is 0 Å². The van der Waals surface area contributed by atoms with Gasteiger partial charge in [0.2, 0.25) is 0 Å². The molecule has 0 saturated heterocycles. The lowest BCUT2D eigenvalue weighted by Gasteiger charge is -2.11. The SMILES string of the molecule is COC(=O)c1cn(-c2ccc(Cl)cc2)cc2c(=O)n(-c3ccc(OC)cc3)nc1-2. The summed E-state index contributed by atoms with van der Waals surface area (Å²) in [4.78, 5) is 25.4. The van der Waals surface area contributed by atoms with Gasteiger partial charge in [-0.25, -0.2) is 4.79 Å². The third-order valence-electron chi connectivity index (χ3n) is 4.52. The first-order valence-corrected chi connectivity index (χ1v) is 9.03. The van der Waals surface area contributed by atoms with Crippen LogP contribution in [0.15, 0.2) is 65.7 Å². The van der Waals surface area contributed by atoms with Crippen LogP contribution in [0.25, 0.3) is 22.6 Å². The summed E-state index contributed by atoms with van der Waals surface area (Å²) in [6, 6.07) is 13.9. The summed E-state index contributed by atoms with van der Waals surface area (Å²) >= 11 is 5.96. The van der Waals surface area contributed by atoms with Crippen molar-refractivity contribution >= 4 is 17.6 Å². The maximum absolute atomic E-state index is 13.1. The lowest BCUT2D eigenvalue weighted by molar-refractivity contribution is 0.0600. The van der Waals surface area contributed by atoms with Crippen LogP contribution < -0.4 is 10.3 Å². The number of hydrogen-bond acceptors (Lipinski definition) is 5. The van der Waals surface area contributed by atoms with Crippen molar-refractivity contribution in [2.75, 3.05) is 14.2 Å². The highest BCUT2D eigenvalue weighted by atomic mass is 35.5. The molecule has 0 unspecified atom stereocenters. The van der Waals surface area contributed by atoms with E-state index < -0.39 is 5.97 Å². The van der Waals surface area contributed by atoms with Gasteiger partial charge in [0, 0.05) is 23.1 Å². The van der Waals surface area contributed by atoms with Crippen LogP contribution in [-0.2, 0) is 4.74 Å². The monoisotopic (exact) mass is 409 g/mol. The molecule has 0 spiro atoms. The van der Waals surface area contributed by atoms with Crippen LogP contribution in [0, 0.1) is 0 Å². The zero-order valence-corrected chi connectivity index (χ0v) is 16.4. The molecule has 8 heteroatoms. The van der Waals surface area contributed by atoms with Crippen LogP contribution in [0.1, 0.15) is 10.4 Å². The van der Waals surface area contributed by atoms with Gasteiger partial charge in [-0.15, -0.1) is 0 Å². The highest BCUT2D eigenvalue weighted by molar-refractivity contribution is 6.30. The Labute approximate surface area is 171 Å². The number of halogens is 1. The number of aromatic nitrogens is 3. The Morgan fingerprint density at radius 3 is 2.24 bits per heavy atom. The van der Waals surface area contributed by atoms with Crippen LogP contribution in [-0.4, -0.2) is 34.5 Å². The van der Waals surface area contributed by atoms with E-state index in [0.717, 1.165) is 5.69 Å². The number of rotatable bonds is 4. The second-order valence-electron chi connectivity index (χ2n) is 6.22. The molecular weight excluding hydrogens is 394 g/mol. The smallest absolute Gasteiger partial charge is 0.341 e. The Kier molecular flexibility index (Phi) is 4.82. The number of fused-ring (bicyclic) bond motifs is 1. The van der Waals surface area contributed by atoms with Crippen LogP contribution >= 0.6 is 11.6 Å². The maximum Gasteiger partial charge on any atom is 0.341 e. The number of hydrogen-bond donors (Lipinski definition) is 0. The number of carbonyl (C=O) groups is 1. The van der Waals surface area contributed by atoms with E-state index in [4.69, 9.17) is 21.1 Å². The second kappa shape index (κ2) is 7.44. The molecule has 2 aliphatic rings. The number of benzene rings is 2. The third-order valence-corrected chi connectivity index (χ3v) is 4.77. The Morgan fingerprint density at radius 1 is 0.966 bits per heavy atom. The van der Waals surface area contributed by atoms with Crippen LogP contribution in [0.2, 0.25) is 5.02 Å². The van der Waals surface area contributed by atoms with Gasteiger partial charge >= 0.3 is 5.97 Å². The first-order valence-electron chi connectivity index (χ1n) is 8.65. The van der Waals surface area contributed by atoms with Crippen molar-refractivity contribution in [3.63, 3.8) is 0 Å². The van der Waals surface area contributed by atoms with Gasteiger partial charge in [0.25, 0.3) is 5.56 Å². The fraction of sp³-hybridized carbons (Fsp3) is 0.0952. The molecule has 2 aromatic carbocycles. The molecule has 0 saturated carbocycles. The molecule has 2 aliphatic heterocycles. The molecule has 146 valence electrons. The molecule has 7 nitrogen and oxygen atoms in total. The zero-order valence-electron chi connectivity index (χ0n) is 15.6. The van der Waals surface area contributed by atoms with Gasteiger partial charge in [-0.05, 0) is 48.5 Å². The van der Waals surface area contributed by atoms with E-state index in [9.17, 15) is 9.59 Å². The largest absolute Gasteiger partial charge is 0.497 e. The minimum absolute atomic E-state index is 0.185. The van der Waals surface area contributed by atoms with Crippen molar-refractivity contribution < 1.29 is 14.3 Å². The van der Waals surface area contributed by atoms with E-state index in [1.54, 1.807) is 72.6 Å². The summed E-state index contributed by atoms with van der Waals surface area (Å²) in [5.41, 5.74) is 1.68. The van der Waals surface area contributed by atoms with Crippen molar-refractivity contribution in [2.45, 2.75) is 0 Å². The van der Waals surface area contributed by atoms with Gasteiger partial charge in [-0.2, -0.15) is 9.78 Å². The van der Waals surface area contributed by atoms with Crippen LogP contribution in [0.4, 0.5) is 0 Å². The van der Waals surface area contributed by atoms with Gasteiger partial charge in [0.15, 0.2) is 0 Å². The summed E-state index contributed by atoms with van der Waals surface area (Å²) in [6.07, 6.45) is 3.22. The number of nitrogens with zero attached hydrogens (tertiary/aromatic N) is 3. The Balaban J connectivity index is 1.94. The number of ether oxygens (including phenoxy) is 2. The first kappa shape index (κ1) is 18.8. The molecular formula is C21H16ClN3O4. The average molecular weight is 410 g/mol. The predicted molar refractivity (Wildman–Crippen MR) is 109 cm³/mol. The molecule has 0 bridgehead atoms. The van der Waals surface area contributed by atoms with Crippen molar-refractivity contribution in [3.05, 3.63) is 81.9 Å². The highest BCUT2D eigenvalue weighted by Gasteiger charge is 2.25. The lowest BCUT2D eigenvalue weighted by Crippen LogP contribution is -2.15. The molecule has 2 aromatic rings. The topological polar surface area (TPSA) is 75.3 Å². The van der Waals surface area contributed by atoms with Gasteiger partial charge in [0.1, 0.15) is 17.0 Å². The summed E-state index contributed by atoms with van der Waals surface area (Å²) < 4.78 is 13.0. The molecule has 0 aliphatic carbocycles. The molecule has 29 heavy (non-hydrogen) atoms. The third kappa shape index (κ3) is 3.36. The minimum Gasteiger partial charge on any atom is -0.497 e. The van der Waals surface area contributed by atoms with Crippen molar-refractivity contribution in [1.82, 2.24) is 14.3 Å². The molecule has 0 atom stereocenters. The van der Waals surface area contributed by atoms with Crippen LogP contribution in [0.3, 0.4) is 0 Å². The van der Waals surface area contributed by atoms with E-state index >= 15 is 0 Å². The maximum atomic E-state index is 13.1. The standard InChI is InChI=1S/C21H16ClN3O4/c1-28-16-9-7-15(8-10-16)25-20(26)17-11-24(14-5-3-13(22)4-6-14)12-18(19(17)23-25)21(27)29-2/h3-12H,1-2H3. The molecule has 0 N–H and O–H groups in total. The number of carbonyl (C=O) groups excluding carboxylic acids is 1. The molecule has 0 fully saturated rings. The summed E-state index contributed by atoms with van der Waals surface area (Å²) in [5, 5.41) is 4.97. The first-order chi connectivity index (χ1) is 14.0. The lowest BCUT2D eigenvalue weighted by atomic mass is 10.1. The summed E-state index contributed by atoms with van der Waals surface area (Å²) in [7, 11) is 2.85. The molecule has 4 rings (SSSR count). The minimum atomic E-state index is -0.585. The van der Waals surface area contributed by atoms with Gasteiger partial charge < -0.3 is 14.0 Å². The Morgan fingerprint density at radius 2 is 1.62 bits per heavy atom. The average Bonchev–Trinajstić information content (AvgIpc) is 3.09. The van der Waals surface area contributed by atoms with Crippen molar-refractivity contribution in [3.8, 4) is 28.4 Å². The Bertz CT molecular complexity index is 1210. The van der Waals surface area contributed by atoms with Gasteiger partial charge in [-0.3, -0.25) is 4.79 Å². The predicted octanol–water partition coefficient (Wildman–Crippen LogP) is 3.58. The van der Waals surface area contributed by atoms with Gasteiger partial charge in [0.05, 0.1) is 25.5 Å². The second-order valence-corrected chi connectivity index (χ2v) is 6.66. The highest BCUT2D eigenvalue weighted by Crippen LogP contribution is 2.25. The normalized spacial score (nSPS) is 10.9. The summed E-state index contributed by atoms with van der Waals surface area (Å²) in [5.74, 6) is 0.0754. The van der Waals surface area contributed by atoms with Crippen LogP contribution in [0.5, 0.6) is 5.75 Å².